The zero-order valence-corrected chi connectivity index (χ0v) is 11.3. The molecule has 0 aromatic carbocycles. The molecule has 1 heterocycles. The van der Waals surface area contributed by atoms with Gasteiger partial charge in [-0.2, -0.15) is 0 Å². The fraction of sp³-hybridized carbons (Fsp3) is 0.500. The largest absolute Gasteiger partial charge is 0.383 e. The van der Waals surface area contributed by atoms with Gasteiger partial charge in [0, 0.05) is 29.6 Å². The average molecular weight is 291 g/mol. The van der Waals surface area contributed by atoms with Crippen molar-refractivity contribution in [2.45, 2.75) is 11.1 Å². The summed E-state index contributed by atoms with van der Waals surface area (Å²) in [6.07, 6.45) is 1.80. The van der Waals surface area contributed by atoms with Crippen LogP contribution in [0.5, 0.6) is 0 Å². The van der Waals surface area contributed by atoms with E-state index in [4.69, 9.17) is 4.74 Å². The van der Waals surface area contributed by atoms with Gasteiger partial charge in [-0.15, -0.1) is 11.8 Å². The lowest BCUT2D eigenvalue weighted by molar-refractivity contribution is 0.177. The molecule has 1 aromatic heterocycles. The minimum atomic E-state index is 0.355. The van der Waals surface area contributed by atoms with Crippen molar-refractivity contribution in [2.24, 2.45) is 0 Å². The van der Waals surface area contributed by atoms with E-state index in [1.807, 2.05) is 19.2 Å². The van der Waals surface area contributed by atoms with Crippen molar-refractivity contribution in [3.05, 3.63) is 22.8 Å². The normalized spacial score (nSPS) is 12.7. The van der Waals surface area contributed by atoms with E-state index in [2.05, 4.69) is 26.2 Å². The van der Waals surface area contributed by atoms with Gasteiger partial charge in [0.15, 0.2) is 0 Å². The monoisotopic (exact) mass is 290 g/mol. The summed E-state index contributed by atoms with van der Waals surface area (Å²) in [5.74, 6) is 0.944. The number of nitrogens with zero attached hydrogens (tertiary/aromatic N) is 1. The first-order valence-electron chi connectivity index (χ1n) is 4.67. The van der Waals surface area contributed by atoms with Crippen LogP contribution >= 0.6 is 27.7 Å². The van der Waals surface area contributed by atoms with Crippen molar-refractivity contribution in [2.75, 3.05) is 26.5 Å². The van der Waals surface area contributed by atoms with Crippen LogP contribution in [0.15, 0.2) is 27.8 Å². The number of rotatable bonds is 6. The second-order valence-electron chi connectivity index (χ2n) is 3.04. The Balaban J connectivity index is 2.45. The van der Waals surface area contributed by atoms with Crippen LogP contribution in [0.1, 0.15) is 0 Å². The Bertz CT molecular complexity index is 299. The van der Waals surface area contributed by atoms with E-state index < -0.39 is 0 Å². The number of hydrogen-bond donors (Lipinski definition) is 1. The number of ether oxygens (including phenoxy) is 1. The van der Waals surface area contributed by atoms with E-state index in [0.717, 1.165) is 15.3 Å². The Hall–Kier alpha value is -0.100. The molecule has 1 N–H and O–H groups in total. The first-order chi connectivity index (χ1) is 7.27. The van der Waals surface area contributed by atoms with Gasteiger partial charge in [-0.05, 0) is 35.1 Å². The molecular formula is C10H15BrN2OS. The van der Waals surface area contributed by atoms with Crippen molar-refractivity contribution in [1.29, 1.82) is 0 Å². The van der Waals surface area contributed by atoms with E-state index in [1.54, 1.807) is 25.1 Å². The zero-order chi connectivity index (χ0) is 11.1. The maximum atomic E-state index is 5.11. The van der Waals surface area contributed by atoms with Gasteiger partial charge in [0.1, 0.15) is 5.03 Å². The molecule has 0 fully saturated rings. The highest BCUT2D eigenvalue weighted by atomic mass is 79.9. The molecule has 0 bridgehead atoms. The van der Waals surface area contributed by atoms with Gasteiger partial charge in [-0.25, -0.2) is 4.98 Å². The molecule has 1 atom stereocenters. The van der Waals surface area contributed by atoms with Gasteiger partial charge in [-0.3, -0.25) is 0 Å². The maximum absolute atomic E-state index is 5.11. The number of hydrogen-bond acceptors (Lipinski definition) is 4. The minimum absolute atomic E-state index is 0.355. The summed E-state index contributed by atoms with van der Waals surface area (Å²) in [5.41, 5.74) is 0. The molecule has 1 rings (SSSR count). The molecule has 1 aromatic rings. The molecule has 5 heteroatoms. The lowest BCUT2D eigenvalue weighted by Gasteiger charge is -2.14. The van der Waals surface area contributed by atoms with Gasteiger partial charge in [0.25, 0.3) is 0 Å². The zero-order valence-electron chi connectivity index (χ0n) is 8.87. The van der Waals surface area contributed by atoms with Gasteiger partial charge >= 0.3 is 0 Å². The quantitative estimate of drug-likeness (QED) is 0.815. The number of thioether (sulfide) groups is 1. The van der Waals surface area contributed by atoms with Crippen LogP contribution < -0.4 is 5.32 Å². The van der Waals surface area contributed by atoms with Crippen LogP contribution in [-0.2, 0) is 4.74 Å². The summed E-state index contributed by atoms with van der Waals surface area (Å²) in [4.78, 5) is 4.29. The third-order valence-corrected chi connectivity index (χ3v) is 3.99. The topological polar surface area (TPSA) is 34.1 Å². The van der Waals surface area contributed by atoms with Crippen molar-refractivity contribution in [3.8, 4) is 0 Å². The average Bonchev–Trinajstić information content (AvgIpc) is 2.26. The third-order valence-electron chi connectivity index (χ3n) is 1.92. The van der Waals surface area contributed by atoms with Crippen molar-refractivity contribution >= 4 is 27.7 Å². The minimum Gasteiger partial charge on any atom is -0.383 e. The maximum Gasteiger partial charge on any atom is 0.110 e. The van der Waals surface area contributed by atoms with Gasteiger partial charge in [0.05, 0.1) is 6.61 Å². The molecule has 0 aliphatic rings. The van der Waals surface area contributed by atoms with Crippen LogP contribution in [0, 0.1) is 0 Å². The predicted molar refractivity (Wildman–Crippen MR) is 67.4 cm³/mol. The summed E-state index contributed by atoms with van der Waals surface area (Å²) >= 11 is 5.19. The molecule has 0 saturated carbocycles. The lowest BCUT2D eigenvalue weighted by Crippen LogP contribution is -2.32. The lowest BCUT2D eigenvalue weighted by atomic mass is 10.4. The highest BCUT2D eigenvalue weighted by molar-refractivity contribution is 9.10. The van der Waals surface area contributed by atoms with Gasteiger partial charge in [0.2, 0.25) is 0 Å². The first-order valence-corrected chi connectivity index (χ1v) is 6.45. The number of pyridine rings is 1. The molecule has 15 heavy (non-hydrogen) atoms. The van der Waals surface area contributed by atoms with Crippen LogP contribution in [-0.4, -0.2) is 37.5 Å². The first kappa shape index (κ1) is 13.0. The number of aromatic nitrogens is 1. The molecule has 3 nitrogen and oxygen atoms in total. The number of nitrogens with one attached hydrogen (secondary N) is 1. The standard InChI is InChI=1S/C10H15BrN2OS/c1-12-8(6-14-2)7-15-10-9(11)4-3-5-13-10/h3-5,8,12H,6-7H2,1-2H3. The second-order valence-corrected chi connectivity index (χ2v) is 4.91. The van der Waals surface area contributed by atoms with Crippen molar-refractivity contribution in [1.82, 2.24) is 10.3 Å². The summed E-state index contributed by atoms with van der Waals surface area (Å²) in [7, 11) is 3.66. The Morgan fingerprint density at radius 1 is 1.67 bits per heavy atom. The van der Waals surface area contributed by atoms with E-state index >= 15 is 0 Å². The molecule has 0 spiro atoms. The molecule has 0 aliphatic heterocycles. The van der Waals surface area contributed by atoms with Crippen molar-refractivity contribution < 1.29 is 4.74 Å². The Kier molecular flexibility index (Phi) is 6.24. The fourth-order valence-electron chi connectivity index (χ4n) is 1.07. The number of methoxy groups -OCH3 is 1. The van der Waals surface area contributed by atoms with E-state index in [9.17, 15) is 0 Å². The fourth-order valence-corrected chi connectivity index (χ4v) is 2.63. The molecule has 0 aliphatic carbocycles. The van der Waals surface area contributed by atoms with Crippen LogP contribution in [0.2, 0.25) is 0 Å². The second kappa shape index (κ2) is 7.22. The highest BCUT2D eigenvalue weighted by Gasteiger charge is 2.08. The van der Waals surface area contributed by atoms with Crippen molar-refractivity contribution in [3.63, 3.8) is 0 Å². The third kappa shape index (κ3) is 4.51. The van der Waals surface area contributed by atoms with E-state index in [1.165, 1.54) is 0 Å². The van der Waals surface area contributed by atoms with Crippen LogP contribution in [0.4, 0.5) is 0 Å². The smallest absolute Gasteiger partial charge is 0.110 e. The molecule has 0 amide bonds. The summed E-state index contributed by atoms with van der Waals surface area (Å²) in [6, 6.07) is 4.27. The highest BCUT2D eigenvalue weighted by Crippen LogP contribution is 2.24. The summed E-state index contributed by atoms with van der Waals surface area (Å²) < 4.78 is 6.15. The predicted octanol–water partition coefficient (Wildman–Crippen LogP) is 2.17. The summed E-state index contributed by atoms with van der Waals surface area (Å²) in [6.45, 7) is 0.716. The molecule has 1 unspecified atom stereocenters. The van der Waals surface area contributed by atoms with E-state index in [0.29, 0.717) is 12.6 Å². The Labute approximate surface area is 103 Å². The van der Waals surface area contributed by atoms with Crippen LogP contribution in [0.25, 0.3) is 0 Å². The number of halogens is 1. The number of likely N-dealkylation sites (N-methyl/N-ethyl adjacent to an activating group) is 1. The van der Waals surface area contributed by atoms with Crippen LogP contribution in [0.3, 0.4) is 0 Å². The van der Waals surface area contributed by atoms with Gasteiger partial charge in [-0.1, -0.05) is 0 Å². The SMILES string of the molecule is CNC(COC)CSc1ncccc1Br. The molecular weight excluding hydrogens is 276 g/mol. The Morgan fingerprint density at radius 2 is 2.47 bits per heavy atom. The molecule has 0 saturated heterocycles. The van der Waals surface area contributed by atoms with E-state index in [-0.39, 0.29) is 0 Å². The Morgan fingerprint density at radius 3 is 3.07 bits per heavy atom. The van der Waals surface area contributed by atoms with Gasteiger partial charge < -0.3 is 10.1 Å². The summed E-state index contributed by atoms with van der Waals surface area (Å²) in [5, 5.41) is 4.23. The molecule has 84 valence electrons. The molecule has 0 radical (unpaired) electrons.